The minimum atomic E-state index is -0.385. The summed E-state index contributed by atoms with van der Waals surface area (Å²) >= 11 is 0. The molecule has 0 bridgehead atoms. The van der Waals surface area contributed by atoms with Gasteiger partial charge in [0.05, 0.1) is 0 Å². The molecule has 1 N–H and O–H groups in total. The van der Waals surface area contributed by atoms with Crippen LogP contribution in [0.25, 0.3) is 11.4 Å². The second-order valence-electron chi connectivity index (χ2n) is 8.28. The van der Waals surface area contributed by atoms with Crippen LogP contribution < -0.4 is 14.8 Å². The van der Waals surface area contributed by atoms with E-state index >= 15 is 0 Å². The van der Waals surface area contributed by atoms with E-state index in [4.69, 9.17) is 9.47 Å². The first-order valence-electron chi connectivity index (χ1n) is 10.7. The minimum Gasteiger partial charge on any atom is -0.454 e. The summed E-state index contributed by atoms with van der Waals surface area (Å²) in [5.41, 5.74) is 1.52. The summed E-state index contributed by atoms with van der Waals surface area (Å²) in [6.07, 6.45) is 2.42. The molecule has 1 fully saturated rings. The maximum absolute atomic E-state index is 13.8. The van der Waals surface area contributed by atoms with Gasteiger partial charge in [0.1, 0.15) is 17.2 Å². The number of ether oxygens (including phenoxy) is 2. The van der Waals surface area contributed by atoms with Crippen LogP contribution in [-0.2, 0) is 0 Å². The molecule has 1 atom stereocenters. The number of carbonyl (C=O) groups is 1. The summed E-state index contributed by atoms with van der Waals surface area (Å²) in [4.78, 5) is 26.4. The number of amides is 1. The van der Waals surface area contributed by atoms with Crippen LogP contribution in [0, 0.1) is 5.82 Å². The molecular formula is C24H24FN5O3. The number of likely N-dealkylation sites (N-methyl/N-ethyl adjacent to an activating group) is 2. The predicted octanol–water partition coefficient (Wildman–Crippen LogP) is 3.53. The Morgan fingerprint density at radius 2 is 2.06 bits per heavy atom. The summed E-state index contributed by atoms with van der Waals surface area (Å²) in [6.45, 7) is 1.92. The first-order valence-corrected chi connectivity index (χ1v) is 10.7. The third-order valence-corrected chi connectivity index (χ3v) is 5.97. The van der Waals surface area contributed by atoms with Crippen molar-refractivity contribution < 1.29 is 18.7 Å². The highest BCUT2D eigenvalue weighted by Gasteiger charge is 2.29. The molecule has 2 aliphatic heterocycles. The van der Waals surface area contributed by atoms with E-state index in [-0.39, 0.29) is 24.6 Å². The fourth-order valence-corrected chi connectivity index (χ4v) is 4.09. The van der Waals surface area contributed by atoms with Crippen LogP contribution in [0.3, 0.4) is 0 Å². The van der Waals surface area contributed by atoms with Crippen molar-refractivity contribution in [1.82, 2.24) is 19.8 Å². The molecule has 2 aromatic carbocycles. The molecule has 5 rings (SSSR count). The van der Waals surface area contributed by atoms with E-state index in [9.17, 15) is 9.18 Å². The van der Waals surface area contributed by atoms with Gasteiger partial charge in [0.15, 0.2) is 17.3 Å². The van der Waals surface area contributed by atoms with Gasteiger partial charge in [0.2, 0.25) is 6.79 Å². The average molecular weight is 449 g/mol. The van der Waals surface area contributed by atoms with Crippen LogP contribution in [0.4, 0.5) is 15.9 Å². The zero-order valence-electron chi connectivity index (χ0n) is 18.4. The van der Waals surface area contributed by atoms with Crippen LogP contribution in [0.2, 0.25) is 0 Å². The van der Waals surface area contributed by atoms with Crippen molar-refractivity contribution in [3.05, 3.63) is 60.0 Å². The maximum Gasteiger partial charge on any atom is 0.259 e. The molecule has 8 nitrogen and oxygen atoms in total. The number of nitrogens with one attached hydrogen (secondary N) is 1. The molecule has 2 aliphatic rings. The lowest BCUT2D eigenvalue weighted by Gasteiger charge is -2.25. The molecular weight excluding hydrogens is 425 g/mol. The summed E-state index contributed by atoms with van der Waals surface area (Å²) in [5.74, 6) is 1.42. The quantitative estimate of drug-likeness (QED) is 0.638. The number of anilines is 2. The molecule has 0 radical (unpaired) electrons. The highest BCUT2D eigenvalue weighted by molar-refractivity contribution is 5.99. The fraction of sp³-hybridized carbons (Fsp3) is 0.292. The first kappa shape index (κ1) is 21.1. The number of hydrogen-bond acceptors (Lipinski definition) is 7. The summed E-state index contributed by atoms with van der Waals surface area (Å²) in [6, 6.07) is 11.6. The van der Waals surface area contributed by atoms with E-state index in [0.717, 1.165) is 19.5 Å². The Morgan fingerprint density at radius 3 is 2.85 bits per heavy atom. The van der Waals surface area contributed by atoms with E-state index in [1.54, 1.807) is 36.2 Å². The molecule has 170 valence electrons. The molecule has 0 unspecified atom stereocenters. The standard InChI is InChI=1S/C24H24FN5O3/c1-29-9-8-18(13-29)30(2)24(31)19-12-26-22(15-6-7-20-21(10-15)33-14-32-20)28-23(19)27-17-5-3-4-16(25)11-17/h3-7,10-12,18H,8-9,13-14H2,1-2H3,(H,26,27,28)/t18-/m1/s1. The Hall–Kier alpha value is -3.72. The van der Waals surface area contributed by atoms with Gasteiger partial charge in [-0.3, -0.25) is 4.79 Å². The van der Waals surface area contributed by atoms with E-state index < -0.39 is 0 Å². The van der Waals surface area contributed by atoms with Crippen molar-refractivity contribution in [3.63, 3.8) is 0 Å². The molecule has 3 aromatic rings. The third-order valence-electron chi connectivity index (χ3n) is 5.97. The van der Waals surface area contributed by atoms with Gasteiger partial charge in [-0.25, -0.2) is 14.4 Å². The van der Waals surface area contributed by atoms with Crippen molar-refractivity contribution in [3.8, 4) is 22.9 Å². The number of rotatable bonds is 5. The third kappa shape index (κ3) is 4.31. The Labute approximate surface area is 191 Å². The number of aromatic nitrogens is 2. The molecule has 1 saturated heterocycles. The van der Waals surface area contributed by atoms with Gasteiger partial charge in [0.25, 0.3) is 5.91 Å². The highest BCUT2D eigenvalue weighted by atomic mass is 19.1. The lowest BCUT2D eigenvalue weighted by molar-refractivity contribution is 0.0738. The van der Waals surface area contributed by atoms with Crippen molar-refractivity contribution in [1.29, 1.82) is 0 Å². The van der Waals surface area contributed by atoms with Crippen LogP contribution in [0.15, 0.2) is 48.7 Å². The van der Waals surface area contributed by atoms with Gasteiger partial charge in [0, 0.05) is 37.1 Å². The van der Waals surface area contributed by atoms with Gasteiger partial charge in [-0.05, 0) is 56.4 Å². The molecule has 0 aliphatic carbocycles. The number of hydrogen-bond donors (Lipinski definition) is 1. The summed E-state index contributed by atoms with van der Waals surface area (Å²) < 4.78 is 24.6. The van der Waals surface area contributed by atoms with Gasteiger partial charge >= 0.3 is 0 Å². The summed E-state index contributed by atoms with van der Waals surface area (Å²) in [5, 5.41) is 3.11. The Balaban J connectivity index is 1.51. The molecule has 0 spiro atoms. The van der Waals surface area contributed by atoms with Crippen molar-refractivity contribution in [2.24, 2.45) is 0 Å². The predicted molar refractivity (Wildman–Crippen MR) is 121 cm³/mol. The van der Waals surface area contributed by atoms with E-state index in [1.807, 2.05) is 13.1 Å². The molecule has 1 aromatic heterocycles. The van der Waals surface area contributed by atoms with E-state index in [2.05, 4.69) is 20.2 Å². The number of carbonyl (C=O) groups excluding carboxylic acids is 1. The molecule has 1 amide bonds. The molecule has 33 heavy (non-hydrogen) atoms. The van der Waals surface area contributed by atoms with Crippen molar-refractivity contribution in [2.45, 2.75) is 12.5 Å². The largest absolute Gasteiger partial charge is 0.454 e. The summed E-state index contributed by atoms with van der Waals surface area (Å²) in [7, 11) is 3.84. The van der Waals surface area contributed by atoms with Crippen molar-refractivity contribution in [2.75, 3.05) is 39.3 Å². The lowest BCUT2D eigenvalue weighted by Crippen LogP contribution is -2.39. The maximum atomic E-state index is 13.8. The van der Waals surface area contributed by atoms with Gasteiger partial charge in [-0.1, -0.05) is 6.07 Å². The molecule has 9 heteroatoms. The zero-order valence-corrected chi connectivity index (χ0v) is 18.4. The Morgan fingerprint density at radius 1 is 1.21 bits per heavy atom. The van der Waals surface area contributed by atoms with Gasteiger partial charge in [-0.2, -0.15) is 0 Å². The number of likely N-dealkylation sites (tertiary alicyclic amines) is 1. The van der Waals surface area contributed by atoms with Crippen LogP contribution in [0.5, 0.6) is 11.5 Å². The van der Waals surface area contributed by atoms with Crippen molar-refractivity contribution >= 4 is 17.4 Å². The normalized spacial score (nSPS) is 17.2. The first-order chi connectivity index (χ1) is 16.0. The minimum absolute atomic E-state index is 0.109. The highest BCUT2D eigenvalue weighted by Crippen LogP contribution is 2.35. The SMILES string of the molecule is CN1CC[C@@H](N(C)C(=O)c2cnc(-c3ccc4c(c3)OCO4)nc2Nc2cccc(F)c2)C1. The zero-order chi connectivity index (χ0) is 22.9. The van der Waals surface area contributed by atoms with Crippen LogP contribution in [-0.4, -0.2) is 65.7 Å². The van der Waals surface area contributed by atoms with Gasteiger partial charge in [-0.15, -0.1) is 0 Å². The monoisotopic (exact) mass is 449 g/mol. The van der Waals surface area contributed by atoms with E-state index in [0.29, 0.717) is 40.0 Å². The topological polar surface area (TPSA) is 79.8 Å². The van der Waals surface area contributed by atoms with Crippen LogP contribution in [0.1, 0.15) is 16.8 Å². The van der Waals surface area contributed by atoms with E-state index in [1.165, 1.54) is 18.3 Å². The number of benzene rings is 2. The van der Waals surface area contributed by atoms with Gasteiger partial charge < -0.3 is 24.6 Å². The second kappa shape index (κ2) is 8.67. The smallest absolute Gasteiger partial charge is 0.259 e. The lowest BCUT2D eigenvalue weighted by atomic mass is 10.1. The number of fused-ring (bicyclic) bond motifs is 1. The number of halogens is 1. The Bertz CT molecular complexity index is 1200. The molecule has 3 heterocycles. The Kier molecular flexibility index (Phi) is 5.55. The van der Waals surface area contributed by atoms with Crippen LogP contribution >= 0.6 is 0 Å². The average Bonchev–Trinajstić information content (AvgIpc) is 3.46. The molecule has 0 saturated carbocycles. The fourth-order valence-electron chi connectivity index (χ4n) is 4.09. The number of nitrogens with zero attached hydrogens (tertiary/aromatic N) is 4. The second-order valence-corrected chi connectivity index (χ2v) is 8.28.